The molecule has 1 unspecified atom stereocenters. The van der Waals surface area contributed by atoms with E-state index < -0.39 is 0 Å². The van der Waals surface area contributed by atoms with Crippen molar-refractivity contribution in [1.29, 1.82) is 0 Å². The number of nitrogens with one attached hydrogen (secondary N) is 1. The van der Waals surface area contributed by atoms with Crippen molar-refractivity contribution in [3.63, 3.8) is 0 Å². The first kappa shape index (κ1) is 9.17. The standard InChI is InChI=1S/C12H22N2/c1-10(11-4-2-5-11)14-7-3-6-12(14)8-13-9-12/h10-11,13H,2-9H2,1H3. The summed E-state index contributed by atoms with van der Waals surface area (Å²) in [6.07, 6.45) is 7.33. The molecule has 0 bridgehead atoms. The number of hydrogen-bond acceptors (Lipinski definition) is 2. The van der Waals surface area contributed by atoms with Crippen molar-refractivity contribution in [3.8, 4) is 0 Å². The van der Waals surface area contributed by atoms with Gasteiger partial charge in [-0.2, -0.15) is 0 Å². The van der Waals surface area contributed by atoms with E-state index in [9.17, 15) is 0 Å². The lowest BCUT2D eigenvalue weighted by Gasteiger charge is -2.51. The van der Waals surface area contributed by atoms with Crippen LogP contribution < -0.4 is 5.32 Å². The lowest BCUT2D eigenvalue weighted by Crippen LogP contribution is -2.68. The van der Waals surface area contributed by atoms with Crippen molar-refractivity contribution in [3.05, 3.63) is 0 Å². The van der Waals surface area contributed by atoms with Crippen LogP contribution in [0.3, 0.4) is 0 Å². The zero-order valence-electron chi connectivity index (χ0n) is 9.26. The van der Waals surface area contributed by atoms with E-state index in [4.69, 9.17) is 0 Å². The fourth-order valence-electron chi connectivity index (χ4n) is 3.57. The van der Waals surface area contributed by atoms with Crippen LogP contribution in [-0.2, 0) is 0 Å². The molecular weight excluding hydrogens is 172 g/mol. The lowest BCUT2D eigenvalue weighted by atomic mass is 9.78. The summed E-state index contributed by atoms with van der Waals surface area (Å²) < 4.78 is 0. The molecule has 2 aliphatic heterocycles. The molecular formula is C12H22N2. The average Bonchev–Trinajstić information content (AvgIpc) is 2.42. The molecule has 1 aliphatic carbocycles. The van der Waals surface area contributed by atoms with Crippen molar-refractivity contribution < 1.29 is 0 Å². The van der Waals surface area contributed by atoms with Crippen LogP contribution in [0.15, 0.2) is 0 Å². The molecule has 3 fully saturated rings. The summed E-state index contributed by atoms with van der Waals surface area (Å²) in [5, 5.41) is 3.46. The minimum Gasteiger partial charge on any atom is -0.313 e. The molecule has 0 amide bonds. The molecule has 2 nitrogen and oxygen atoms in total. The highest BCUT2D eigenvalue weighted by molar-refractivity contribution is 5.08. The van der Waals surface area contributed by atoms with E-state index in [0.717, 1.165) is 12.0 Å². The summed E-state index contributed by atoms with van der Waals surface area (Å²) in [5.74, 6) is 1.02. The molecule has 2 heteroatoms. The van der Waals surface area contributed by atoms with Gasteiger partial charge in [-0.1, -0.05) is 6.42 Å². The van der Waals surface area contributed by atoms with Crippen molar-refractivity contribution in [2.75, 3.05) is 19.6 Å². The van der Waals surface area contributed by atoms with Gasteiger partial charge in [0.2, 0.25) is 0 Å². The second-order valence-electron chi connectivity index (χ2n) is 5.56. The van der Waals surface area contributed by atoms with Crippen LogP contribution in [0.2, 0.25) is 0 Å². The Morgan fingerprint density at radius 3 is 2.57 bits per heavy atom. The van der Waals surface area contributed by atoms with Gasteiger partial charge in [0.15, 0.2) is 0 Å². The summed E-state index contributed by atoms with van der Waals surface area (Å²) in [5.41, 5.74) is 0.592. The summed E-state index contributed by atoms with van der Waals surface area (Å²) in [7, 11) is 0. The number of rotatable bonds is 2. The first-order valence-electron chi connectivity index (χ1n) is 6.29. The van der Waals surface area contributed by atoms with Gasteiger partial charge < -0.3 is 5.32 Å². The third-order valence-electron chi connectivity index (χ3n) is 4.88. The van der Waals surface area contributed by atoms with Crippen LogP contribution in [0.25, 0.3) is 0 Å². The monoisotopic (exact) mass is 194 g/mol. The molecule has 1 spiro atoms. The van der Waals surface area contributed by atoms with Crippen LogP contribution in [0.1, 0.15) is 39.0 Å². The molecule has 0 radical (unpaired) electrons. The summed E-state index contributed by atoms with van der Waals surface area (Å²) in [6.45, 7) is 6.34. The fraction of sp³-hybridized carbons (Fsp3) is 1.00. The van der Waals surface area contributed by atoms with Gasteiger partial charge in [0.25, 0.3) is 0 Å². The maximum atomic E-state index is 3.46. The summed E-state index contributed by atoms with van der Waals surface area (Å²) >= 11 is 0. The predicted molar refractivity (Wildman–Crippen MR) is 58.3 cm³/mol. The number of nitrogens with zero attached hydrogens (tertiary/aromatic N) is 1. The predicted octanol–water partition coefficient (Wildman–Crippen LogP) is 1.61. The Balaban J connectivity index is 1.70. The molecule has 1 saturated carbocycles. The normalized spacial score (nSPS) is 34.1. The molecule has 2 saturated heterocycles. The molecule has 14 heavy (non-hydrogen) atoms. The van der Waals surface area contributed by atoms with Crippen LogP contribution in [0.4, 0.5) is 0 Å². The van der Waals surface area contributed by atoms with Crippen molar-refractivity contribution in [2.24, 2.45) is 5.92 Å². The van der Waals surface area contributed by atoms with E-state index in [1.807, 2.05) is 0 Å². The highest BCUT2D eigenvalue weighted by Gasteiger charge is 2.48. The largest absolute Gasteiger partial charge is 0.313 e. The van der Waals surface area contributed by atoms with Crippen molar-refractivity contribution in [2.45, 2.75) is 50.6 Å². The molecule has 3 aliphatic rings. The quantitative estimate of drug-likeness (QED) is 0.718. The fourth-order valence-corrected chi connectivity index (χ4v) is 3.57. The van der Waals surface area contributed by atoms with Crippen LogP contribution in [-0.4, -0.2) is 36.1 Å². The first-order chi connectivity index (χ1) is 6.82. The number of hydrogen-bond donors (Lipinski definition) is 1. The van der Waals surface area contributed by atoms with Gasteiger partial charge in [-0.25, -0.2) is 0 Å². The zero-order chi connectivity index (χ0) is 9.60. The smallest absolute Gasteiger partial charge is 0.0461 e. The summed E-state index contributed by atoms with van der Waals surface area (Å²) in [6, 6.07) is 0.855. The Bertz CT molecular complexity index is 218. The van der Waals surface area contributed by atoms with Gasteiger partial charge in [0, 0.05) is 24.7 Å². The molecule has 2 heterocycles. The van der Waals surface area contributed by atoms with E-state index >= 15 is 0 Å². The third kappa shape index (κ3) is 1.17. The maximum Gasteiger partial charge on any atom is 0.0461 e. The van der Waals surface area contributed by atoms with E-state index in [0.29, 0.717) is 5.54 Å². The van der Waals surface area contributed by atoms with Gasteiger partial charge in [0.1, 0.15) is 0 Å². The SMILES string of the molecule is CC(C1CCC1)N1CCCC12CNC2. The highest BCUT2D eigenvalue weighted by atomic mass is 15.3. The Labute approximate surface area is 87.0 Å². The Hall–Kier alpha value is -0.0800. The van der Waals surface area contributed by atoms with Gasteiger partial charge in [-0.15, -0.1) is 0 Å². The average molecular weight is 194 g/mol. The van der Waals surface area contributed by atoms with E-state index in [1.54, 1.807) is 0 Å². The Morgan fingerprint density at radius 1 is 1.29 bits per heavy atom. The lowest BCUT2D eigenvalue weighted by molar-refractivity contribution is 0.00664. The topological polar surface area (TPSA) is 15.3 Å². The maximum absolute atomic E-state index is 3.46. The van der Waals surface area contributed by atoms with Gasteiger partial charge in [-0.05, 0) is 45.1 Å². The van der Waals surface area contributed by atoms with Gasteiger partial charge >= 0.3 is 0 Å². The third-order valence-corrected chi connectivity index (χ3v) is 4.88. The second-order valence-corrected chi connectivity index (χ2v) is 5.56. The zero-order valence-corrected chi connectivity index (χ0v) is 9.26. The molecule has 0 aromatic carbocycles. The van der Waals surface area contributed by atoms with E-state index in [-0.39, 0.29) is 0 Å². The van der Waals surface area contributed by atoms with Gasteiger partial charge in [0.05, 0.1) is 0 Å². The van der Waals surface area contributed by atoms with E-state index in [2.05, 4.69) is 17.1 Å². The van der Waals surface area contributed by atoms with Crippen LogP contribution in [0, 0.1) is 5.92 Å². The minimum absolute atomic E-state index is 0.592. The molecule has 1 atom stereocenters. The second kappa shape index (κ2) is 3.21. The molecule has 3 rings (SSSR count). The molecule has 0 aromatic rings. The first-order valence-corrected chi connectivity index (χ1v) is 6.29. The highest BCUT2D eigenvalue weighted by Crippen LogP contribution is 2.40. The molecule has 0 aromatic heterocycles. The van der Waals surface area contributed by atoms with E-state index in [1.165, 1.54) is 51.7 Å². The van der Waals surface area contributed by atoms with Crippen LogP contribution in [0.5, 0.6) is 0 Å². The number of likely N-dealkylation sites (tertiary alicyclic amines) is 1. The van der Waals surface area contributed by atoms with Crippen LogP contribution >= 0.6 is 0 Å². The molecule has 80 valence electrons. The van der Waals surface area contributed by atoms with Crippen molar-refractivity contribution in [1.82, 2.24) is 10.2 Å². The molecule has 1 N–H and O–H groups in total. The van der Waals surface area contributed by atoms with Crippen molar-refractivity contribution >= 4 is 0 Å². The van der Waals surface area contributed by atoms with Gasteiger partial charge in [-0.3, -0.25) is 4.90 Å². The summed E-state index contributed by atoms with van der Waals surface area (Å²) in [4.78, 5) is 2.83. The Kier molecular flexibility index (Phi) is 2.10. The minimum atomic E-state index is 0.592. The Morgan fingerprint density at radius 2 is 2.07 bits per heavy atom.